The molecular formula is C20H26BrN3O2. The highest BCUT2D eigenvalue weighted by Gasteiger charge is 2.59. The van der Waals surface area contributed by atoms with Crippen molar-refractivity contribution in [3.63, 3.8) is 0 Å². The van der Waals surface area contributed by atoms with E-state index in [-0.39, 0.29) is 35.6 Å². The maximum absolute atomic E-state index is 12.1. The van der Waals surface area contributed by atoms with Gasteiger partial charge in [-0.2, -0.15) is 5.10 Å². The number of amides is 2. The summed E-state index contributed by atoms with van der Waals surface area (Å²) in [5.41, 5.74) is 4.71. The summed E-state index contributed by atoms with van der Waals surface area (Å²) in [6, 6.07) is 7.11. The van der Waals surface area contributed by atoms with Crippen LogP contribution in [0.2, 0.25) is 0 Å². The number of rotatable bonds is 5. The van der Waals surface area contributed by atoms with Crippen molar-refractivity contribution in [1.29, 1.82) is 0 Å². The van der Waals surface area contributed by atoms with Gasteiger partial charge in [-0.25, -0.2) is 5.43 Å². The van der Waals surface area contributed by atoms with Crippen molar-refractivity contribution < 1.29 is 9.59 Å². The van der Waals surface area contributed by atoms with E-state index in [4.69, 9.17) is 0 Å². The number of carbonyl (C=O) groups is 2. The fraction of sp³-hybridized carbons (Fsp3) is 0.550. The second kappa shape index (κ2) is 7.14. The third kappa shape index (κ3) is 3.43. The number of nitrogens with zero attached hydrogens (tertiary/aromatic N) is 1. The Bertz CT molecular complexity index is 742. The third-order valence-corrected chi connectivity index (χ3v) is 7.10. The van der Waals surface area contributed by atoms with Gasteiger partial charge >= 0.3 is 0 Å². The third-order valence-electron chi connectivity index (χ3n) is 6.57. The number of hydrogen-bond donors (Lipinski definition) is 2. The van der Waals surface area contributed by atoms with Crippen molar-refractivity contribution in [1.82, 2.24) is 10.7 Å². The van der Waals surface area contributed by atoms with Gasteiger partial charge < -0.3 is 5.32 Å². The van der Waals surface area contributed by atoms with E-state index in [0.717, 1.165) is 23.0 Å². The molecule has 2 fully saturated rings. The number of fused-ring (bicyclic) bond motifs is 2. The minimum absolute atomic E-state index is 0.0841. The summed E-state index contributed by atoms with van der Waals surface area (Å²) in [4.78, 5) is 24.1. The summed E-state index contributed by atoms with van der Waals surface area (Å²) in [7, 11) is 0. The Morgan fingerprint density at radius 1 is 1.23 bits per heavy atom. The van der Waals surface area contributed by atoms with Crippen molar-refractivity contribution in [2.45, 2.75) is 46.5 Å². The maximum Gasteiger partial charge on any atom is 0.251 e. The normalized spacial score (nSPS) is 27.5. The fourth-order valence-corrected chi connectivity index (χ4v) is 4.54. The second-order valence-electron chi connectivity index (χ2n) is 8.10. The number of nitrogens with one attached hydrogen (secondary N) is 2. The van der Waals surface area contributed by atoms with Gasteiger partial charge in [-0.05, 0) is 54.9 Å². The van der Waals surface area contributed by atoms with Gasteiger partial charge in [-0.3, -0.25) is 9.59 Å². The van der Waals surface area contributed by atoms with E-state index >= 15 is 0 Å². The van der Waals surface area contributed by atoms with Crippen LogP contribution >= 0.6 is 15.9 Å². The lowest BCUT2D eigenvalue weighted by Crippen LogP contribution is -2.34. The molecule has 2 N–H and O–H groups in total. The minimum Gasteiger partial charge on any atom is -0.352 e. The first-order chi connectivity index (χ1) is 12.2. The van der Waals surface area contributed by atoms with Crippen LogP contribution in [-0.2, 0) is 4.79 Å². The van der Waals surface area contributed by atoms with Crippen LogP contribution in [0.5, 0.6) is 0 Å². The number of benzene rings is 1. The zero-order chi connectivity index (χ0) is 18.9. The highest BCUT2D eigenvalue weighted by atomic mass is 79.9. The zero-order valence-corrected chi connectivity index (χ0v) is 17.1. The van der Waals surface area contributed by atoms with Gasteiger partial charge in [0, 0.05) is 34.1 Å². The molecule has 2 aliphatic rings. The summed E-state index contributed by atoms with van der Waals surface area (Å²) in [6.45, 7) is 7.18. The summed E-state index contributed by atoms with van der Waals surface area (Å²) in [5, 5.41) is 7.20. The fourth-order valence-electron chi connectivity index (χ4n) is 4.28. The Labute approximate surface area is 163 Å². The zero-order valence-electron chi connectivity index (χ0n) is 15.6. The summed E-state index contributed by atoms with van der Waals surface area (Å²) >= 11 is 3.34. The van der Waals surface area contributed by atoms with Crippen LogP contribution in [0.25, 0.3) is 0 Å². The predicted octanol–water partition coefficient (Wildman–Crippen LogP) is 3.89. The average molecular weight is 420 g/mol. The molecule has 2 atom stereocenters. The topological polar surface area (TPSA) is 70.6 Å². The van der Waals surface area contributed by atoms with Gasteiger partial charge in [0.25, 0.3) is 5.91 Å². The number of halogens is 1. The molecule has 2 amide bonds. The maximum atomic E-state index is 12.1. The number of carbonyl (C=O) groups excluding carboxylic acids is 2. The largest absolute Gasteiger partial charge is 0.352 e. The Balaban J connectivity index is 1.47. The van der Waals surface area contributed by atoms with E-state index in [2.05, 4.69) is 52.5 Å². The quantitative estimate of drug-likeness (QED) is 0.710. The van der Waals surface area contributed by atoms with Gasteiger partial charge in [0.2, 0.25) is 5.91 Å². The van der Waals surface area contributed by atoms with Gasteiger partial charge in [-0.15, -0.1) is 0 Å². The minimum atomic E-state index is -0.182. The predicted molar refractivity (Wildman–Crippen MR) is 106 cm³/mol. The lowest BCUT2D eigenvalue weighted by Gasteiger charge is -2.34. The van der Waals surface area contributed by atoms with E-state index in [0.29, 0.717) is 11.5 Å². The van der Waals surface area contributed by atoms with Crippen LogP contribution < -0.4 is 10.7 Å². The lowest BCUT2D eigenvalue weighted by atomic mass is 9.70. The van der Waals surface area contributed by atoms with Gasteiger partial charge in [0.05, 0.1) is 0 Å². The Hall–Kier alpha value is -1.69. The number of hydrogen-bond acceptors (Lipinski definition) is 3. The smallest absolute Gasteiger partial charge is 0.251 e. The summed E-state index contributed by atoms with van der Waals surface area (Å²) < 4.78 is 0.921. The molecule has 5 nitrogen and oxygen atoms in total. The van der Waals surface area contributed by atoms with Gasteiger partial charge in [-0.1, -0.05) is 36.7 Å². The Morgan fingerprint density at radius 2 is 1.92 bits per heavy atom. The molecule has 0 heterocycles. The molecule has 140 valence electrons. The van der Waals surface area contributed by atoms with Crippen LogP contribution in [0.4, 0.5) is 0 Å². The van der Waals surface area contributed by atoms with Crippen molar-refractivity contribution >= 4 is 33.5 Å². The summed E-state index contributed by atoms with van der Waals surface area (Å²) in [5.74, 6) is 0.310. The van der Waals surface area contributed by atoms with E-state index in [1.807, 2.05) is 12.1 Å². The highest BCUT2D eigenvalue weighted by Crippen LogP contribution is 2.63. The van der Waals surface area contributed by atoms with Gasteiger partial charge in [0.1, 0.15) is 0 Å². The SMILES string of the molecule is CC1(C)[C@@H]2CC[C@]1(C)/C(=N/NC(=O)CCNC(=O)c1ccc(Br)cc1)C2. The molecule has 2 bridgehead atoms. The van der Waals surface area contributed by atoms with Crippen LogP contribution in [0, 0.1) is 16.7 Å². The van der Waals surface area contributed by atoms with Crippen LogP contribution in [0.15, 0.2) is 33.8 Å². The Kier molecular flexibility index (Phi) is 5.24. The molecule has 0 unspecified atom stereocenters. The van der Waals surface area contributed by atoms with E-state index in [9.17, 15) is 9.59 Å². The molecular weight excluding hydrogens is 394 g/mol. The molecule has 1 aromatic carbocycles. The summed E-state index contributed by atoms with van der Waals surface area (Å²) in [6.07, 6.45) is 3.58. The Morgan fingerprint density at radius 3 is 2.50 bits per heavy atom. The number of hydrazone groups is 1. The first-order valence-corrected chi connectivity index (χ1v) is 9.93. The molecule has 0 radical (unpaired) electrons. The second-order valence-corrected chi connectivity index (χ2v) is 9.02. The van der Waals surface area contributed by atoms with Crippen molar-refractivity contribution in [3.8, 4) is 0 Å². The molecule has 2 aliphatic carbocycles. The standard InChI is InChI=1S/C20H26BrN3O2/c1-19(2)14-8-10-20(19,3)16(12-14)23-24-17(25)9-11-22-18(26)13-4-6-15(21)7-5-13/h4-7,14H,8-12H2,1-3H3,(H,22,26)(H,24,25)/b23-16+/t14-,20-/m1/s1. The van der Waals surface area contributed by atoms with E-state index in [1.54, 1.807) is 12.1 Å². The monoisotopic (exact) mass is 419 g/mol. The molecule has 26 heavy (non-hydrogen) atoms. The molecule has 0 aliphatic heterocycles. The van der Waals surface area contributed by atoms with E-state index < -0.39 is 0 Å². The molecule has 2 saturated carbocycles. The van der Waals surface area contributed by atoms with E-state index in [1.165, 1.54) is 6.42 Å². The van der Waals surface area contributed by atoms with Crippen molar-refractivity contribution in [2.75, 3.05) is 6.54 Å². The molecule has 0 aromatic heterocycles. The van der Waals surface area contributed by atoms with Crippen LogP contribution in [0.1, 0.15) is 56.8 Å². The highest BCUT2D eigenvalue weighted by molar-refractivity contribution is 9.10. The molecule has 1 aromatic rings. The van der Waals surface area contributed by atoms with Crippen molar-refractivity contribution in [2.24, 2.45) is 21.8 Å². The van der Waals surface area contributed by atoms with Crippen LogP contribution in [-0.4, -0.2) is 24.1 Å². The first-order valence-electron chi connectivity index (χ1n) is 9.14. The first kappa shape index (κ1) is 19.1. The molecule has 3 rings (SSSR count). The lowest BCUT2D eigenvalue weighted by molar-refractivity contribution is -0.120. The van der Waals surface area contributed by atoms with Crippen LogP contribution in [0.3, 0.4) is 0 Å². The molecule has 0 saturated heterocycles. The van der Waals surface area contributed by atoms with Crippen molar-refractivity contribution in [3.05, 3.63) is 34.3 Å². The average Bonchev–Trinajstić information content (AvgIpc) is 2.93. The molecule has 6 heteroatoms. The molecule has 0 spiro atoms. The van der Waals surface area contributed by atoms with Gasteiger partial charge in [0.15, 0.2) is 0 Å².